The highest BCUT2D eigenvalue weighted by Crippen LogP contribution is 2.34. The number of hydrogen-bond acceptors (Lipinski definition) is 4. The van der Waals surface area contributed by atoms with Gasteiger partial charge in [-0.2, -0.15) is 0 Å². The average molecular weight is 279 g/mol. The number of methoxy groups -OCH3 is 1. The maximum absolute atomic E-state index is 11.8. The standard InChI is InChI=1S/C15H21NO4/c1-10(17)16-13(9-20-15(16,2)3)14(18)11-5-7-12(19-4)8-6-11/h5-8,13-14,18H,9H2,1-4H3/t13?,14-/m1/s1. The Morgan fingerprint density at radius 2 is 2.05 bits per heavy atom. The summed E-state index contributed by atoms with van der Waals surface area (Å²) in [5, 5.41) is 10.5. The van der Waals surface area contributed by atoms with Crippen LogP contribution in [0.3, 0.4) is 0 Å². The summed E-state index contributed by atoms with van der Waals surface area (Å²) >= 11 is 0. The number of carbonyl (C=O) groups is 1. The summed E-state index contributed by atoms with van der Waals surface area (Å²) in [6, 6.07) is 6.80. The molecule has 0 radical (unpaired) electrons. The maximum atomic E-state index is 11.8. The number of hydrogen-bond donors (Lipinski definition) is 1. The lowest BCUT2D eigenvalue weighted by Crippen LogP contribution is -2.48. The number of aliphatic hydroxyl groups excluding tert-OH is 1. The number of nitrogens with zero attached hydrogens (tertiary/aromatic N) is 1. The third kappa shape index (κ3) is 2.64. The van der Waals surface area contributed by atoms with Crippen LogP contribution in [0.1, 0.15) is 32.4 Å². The maximum Gasteiger partial charge on any atom is 0.222 e. The van der Waals surface area contributed by atoms with E-state index in [0.29, 0.717) is 6.61 Å². The van der Waals surface area contributed by atoms with Gasteiger partial charge in [0, 0.05) is 6.92 Å². The lowest BCUT2D eigenvalue weighted by atomic mass is 10.0. The lowest BCUT2D eigenvalue weighted by molar-refractivity contribution is -0.145. The molecule has 1 amide bonds. The molecule has 1 heterocycles. The van der Waals surface area contributed by atoms with Gasteiger partial charge in [0.05, 0.1) is 19.8 Å². The zero-order chi connectivity index (χ0) is 14.9. The molecule has 5 heteroatoms. The van der Waals surface area contributed by atoms with Gasteiger partial charge in [-0.1, -0.05) is 12.1 Å². The lowest BCUT2D eigenvalue weighted by Gasteiger charge is -2.34. The molecule has 0 saturated carbocycles. The summed E-state index contributed by atoms with van der Waals surface area (Å²) in [5.41, 5.74) is 0.0487. The number of amides is 1. The first-order chi connectivity index (χ1) is 9.36. The second-order valence-electron chi connectivity index (χ2n) is 5.43. The smallest absolute Gasteiger partial charge is 0.222 e. The average Bonchev–Trinajstić information content (AvgIpc) is 2.73. The molecule has 1 aliphatic heterocycles. The summed E-state index contributed by atoms with van der Waals surface area (Å²) in [6.07, 6.45) is -0.786. The molecule has 2 rings (SSSR count). The van der Waals surface area contributed by atoms with Crippen LogP contribution in [0, 0.1) is 0 Å². The molecule has 1 aromatic carbocycles. The molecule has 0 bridgehead atoms. The van der Waals surface area contributed by atoms with Crippen LogP contribution in [0.4, 0.5) is 0 Å². The summed E-state index contributed by atoms with van der Waals surface area (Å²) in [4.78, 5) is 13.4. The minimum absolute atomic E-state index is 0.106. The SMILES string of the molecule is COc1ccc([C@@H](O)C2COC(C)(C)N2C(C)=O)cc1. The van der Waals surface area contributed by atoms with E-state index in [-0.39, 0.29) is 11.9 Å². The fraction of sp³-hybridized carbons (Fsp3) is 0.533. The molecule has 2 atom stereocenters. The summed E-state index contributed by atoms with van der Waals surface area (Å²) in [7, 11) is 1.59. The number of benzene rings is 1. The predicted molar refractivity (Wildman–Crippen MR) is 74.3 cm³/mol. The Kier molecular flexibility index (Phi) is 4.01. The van der Waals surface area contributed by atoms with Gasteiger partial charge in [0.1, 0.15) is 17.6 Å². The Morgan fingerprint density at radius 1 is 1.45 bits per heavy atom. The topological polar surface area (TPSA) is 59.0 Å². The molecule has 0 aromatic heterocycles. The second-order valence-corrected chi connectivity index (χ2v) is 5.43. The van der Waals surface area contributed by atoms with Gasteiger partial charge in [0.25, 0.3) is 0 Å². The van der Waals surface area contributed by atoms with Crippen molar-refractivity contribution in [3.63, 3.8) is 0 Å². The fourth-order valence-corrected chi connectivity index (χ4v) is 2.70. The molecule has 110 valence electrons. The third-order valence-corrected chi connectivity index (χ3v) is 3.68. The normalized spacial score (nSPS) is 22.6. The van der Waals surface area contributed by atoms with E-state index in [1.807, 2.05) is 13.8 Å². The highest BCUT2D eigenvalue weighted by molar-refractivity contribution is 5.74. The Bertz CT molecular complexity index is 483. The van der Waals surface area contributed by atoms with Gasteiger partial charge in [-0.15, -0.1) is 0 Å². The Morgan fingerprint density at radius 3 is 2.55 bits per heavy atom. The van der Waals surface area contributed by atoms with Crippen molar-refractivity contribution < 1.29 is 19.4 Å². The van der Waals surface area contributed by atoms with E-state index in [2.05, 4.69) is 0 Å². The molecule has 0 aliphatic carbocycles. The predicted octanol–water partition coefficient (Wildman–Crippen LogP) is 1.71. The largest absolute Gasteiger partial charge is 0.497 e. The van der Waals surface area contributed by atoms with Crippen molar-refractivity contribution >= 4 is 5.91 Å². The summed E-state index contributed by atoms with van der Waals surface area (Å²) in [5.74, 6) is 0.623. The Balaban J connectivity index is 2.23. The zero-order valence-corrected chi connectivity index (χ0v) is 12.3. The van der Waals surface area contributed by atoms with Crippen molar-refractivity contribution in [1.82, 2.24) is 4.90 Å². The molecule has 1 saturated heterocycles. The van der Waals surface area contributed by atoms with Crippen molar-refractivity contribution in [3.05, 3.63) is 29.8 Å². The second kappa shape index (κ2) is 5.42. The van der Waals surface area contributed by atoms with E-state index in [9.17, 15) is 9.90 Å². The monoisotopic (exact) mass is 279 g/mol. The van der Waals surface area contributed by atoms with Crippen LogP contribution < -0.4 is 4.74 Å². The van der Waals surface area contributed by atoms with E-state index in [0.717, 1.165) is 11.3 Å². The molecule has 0 spiro atoms. The van der Waals surface area contributed by atoms with Crippen molar-refractivity contribution in [2.45, 2.75) is 38.6 Å². The van der Waals surface area contributed by atoms with E-state index in [1.54, 1.807) is 36.3 Å². The molecule has 1 aliphatic rings. The van der Waals surface area contributed by atoms with Crippen LogP contribution in [0.5, 0.6) is 5.75 Å². The van der Waals surface area contributed by atoms with E-state index in [4.69, 9.17) is 9.47 Å². The molecule has 1 aromatic rings. The highest BCUT2D eigenvalue weighted by atomic mass is 16.5. The minimum atomic E-state index is -0.786. The van der Waals surface area contributed by atoms with Crippen molar-refractivity contribution in [3.8, 4) is 5.75 Å². The van der Waals surface area contributed by atoms with Gasteiger partial charge in [-0.25, -0.2) is 0 Å². The summed E-state index contributed by atoms with van der Waals surface area (Å²) in [6.45, 7) is 5.47. The van der Waals surface area contributed by atoms with Crippen molar-refractivity contribution in [2.75, 3.05) is 13.7 Å². The molecule has 5 nitrogen and oxygen atoms in total. The molecule has 20 heavy (non-hydrogen) atoms. The molecule has 1 unspecified atom stereocenters. The Labute approximate surface area is 119 Å². The van der Waals surface area contributed by atoms with Gasteiger partial charge in [-0.3, -0.25) is 4.79 Å². The van der Waals surface area contributed by atoms with Crippen LogP contribution in [0.2, 0.25) is 0 Å². The van der Waals surface area contributed by atoms with Crippen LogP contribution in [0.15, 0.2) is 24.3 Å². The number of rotatable bonds is 3. The van der Waals surface area contributed by atoms with Gasteiger partial charge < -0.3 is 19.5 Å². The van der Waals surface area contributed by atoms with Crippen LogP contribution in [-0.4, -0.2) is 41.4 Å². The van der Waals surface area contributed by atoms with Crippen molar-refractivity contribution in [2.24, 2.45) is 0 Å². The molecular weight excluding hydrogens is 258 g/mol. The quantitative estimate of drug-likeness (QED) is 0.915. The number of aliphatic hydroxyl groups is 1. The third-order valence-electron chi connectivity index (χ3n) is 3.68. The minimum Gasteiger partial charge on any atom is -0.497 e. The number of ether oxygens (including phenoxy) is 2. The number of carbonyl (C=O) groups excluding carboxylic acids is 1. The van der Waals surface area contributed by atoms with Crippen LogP contribution in [-0.2, 0) is 9.53 Å². The molecular formula is C15H21NO4. The summed E-state index contributed by atoms with van der Waals surface area (Å²) < 4.78 is 10.7. The zero-order valence-electron chi connectivity index (χ0n) is 12.3. The molecule has 1 fully saturated rings. The van der Waals surface area contributed by atoms with E-state index < -0.39 is 11.8 Å². The Hall–Kier alpha value is -1.59. The van der Waals surface area contributed by atoms with Crippen molar-refractivity contribution in [1.29, 1.82) is 0 Å². The van der Waals surface area contributed by atoms with Crippen LogP contribution >= 0.6 is 0 Å². The first kappa shape index (κ1) is 14.8. The van der Waals surface area contributed by atoms with Gasteiger partial charge >= 0.3 is 0 Å². The molecule has 1 N–H and O–H groups in total. The van der Waals surface area contributed by atoms with E-state index >= 15 is 0 Å². The van der Waals surface area contributed by atoms with Gasteiger partial charge in [0.15, 0.2) is 0 Å². The van der Waals surface area contributed by atoms with E-state index in [1.165, 1.54) is 6.92 Å². The van der Waals surface area contributed by atoms with Crippen LogP contribution in [0.25, 0.3) is 0 Å². The first-order valence-corrected chi connectivity index (χ1v) is 6.62. The first-order valence-electron chi connectivity index (χ1n) is 6.62. The highest BCUT2D eigenvalue weighted by Gasteiger charge is 2.45. The fourth-order valence-electron chi connectivity index (χ4n) is 2.70. The van der Waals surface area contributed by atoms with Gasteiger partial charge in [0.2, 0.25) is 5.91 Å². The van der Waals surface area contributed by atoms with Gasteiger partial charge in [-0.05, 0) is 31.5 Å².